The van der Waals surface area contributed by atoms with E-state index in [1.807, 2.05) is 6.92 Å². The number of rotatable bonds is 6. The molecule has 0 spiro atoms. The second-order valence-corrected chi connectivity index (χ2v) is 4.47. The molecule has 4 N–H and O–H groups in total. The van der Waals surface area contributed by atoms with Crippen molar-refractivity contribution < 1.29 is 24.1 Å². The number of hydrogen-bond acceptors (Lipinski definition) is 5. The molecule has 94 valence electrons. The maximum absolute atomic E-state index is 11.1. The third-order valence-electron chi connectivity index (χ3n) is 1.55. The Balaban J connectivity index is 3.69. The molecule has 0 aromatic heterocycles. The summed E-state index contributed by atoms with van der Waals surface area (Å²) in [5, 5.41) is 4.54. The number of carbonyl (C=O) groups excluding carboxylic acids is 2. The summed E-state index contributed by atoms with van der Waals surface area (Å²) in [5.74, 6) is -1.23. The quantitative estimate of drug-likeness (QED) is 0.493. The van der Waals surface area contributed by atoms with Crippen molar-refractivity contribution in [3.8, 4) is 0 Å². The second-order valence-electron chi connectivity index (χ2n) is 3.05. The first kappa shape index (κ1) is 15.1. The highest BCUT2D eigenvalue weighted by molar-refractivity contribution is 7.45. The topological polar surface area (TPSA) is 108 Å². The molecule has 0 aliphatic carbocycles. The molecule has 1 atom stereocenters. The van der Waals surface area contributed by atoms with E-state index in [2.05, 4.69) is 15.4 Å². The van der Waals surface area contributed by atoms with E-state index in [-0.39, 0.29) is 6.54 Å². The number of carbonyl (C=O) groups is 2. The fourth-order valence-corrected chi connectivity index (χ4v) is 0.999. The molecule has 0 bridgehead atoms. The molecule has 0 aliphatic heterocycles. The molecule has 0 aromatic carbocycles. The Morgan fingerprint density at radius 1 is 1.44 bits per heavy atom. The van der Waals surface area contributed by atoms with Crippen molar-refractivity contribution in [1.29, 1.82) is 0 Å². The van der Waals surface area contributed by atoms with Crippen LogP contribution in [0.1, 0.15) is 20.3 Å². The Kier molecular flexibility index (Phi) is 7.80. The van der Waals surface area contributed by atoms with Gasteiger partial charge in [0.2, 0.25) is 5.91 Å². The molecular formula is C8H17N2O5P. The van der Waals surface area contributed by atoms with Gasteiger partial charge in [-0.2, -0.15) is 0 Å². The highest BCUT2D eigenvalue weighted by Gasteiger charge is 2.14. The van der Waals surface area contributed by atoms with E-state index in [0.29, 0.717) is 13.0 Å². The van der Waals surface area contributed by atoms with E-state index in [0.717, 1.165) is 0 Å². The van der Waals surface area contributed by atoms with Crippen molar-refractivity contribution in [2.75, 3.05) is 13.2 Å². The van der Waals surface area contributed by atoms with Gasteiger partial charge in [0.15, 0.2) is 8.38 Å². The molecule has 0 aromatic rings. The van der Waals surface area contributed by atoms with Crippen LogP contribution in [0.3, 0.4) is 0 Å². The molecule has 0 radical (unpaired) electrons. The second kappa shape index (κ2) is 8.27. The summed E-state index contributed by atoms with van der Waals surface area (Å²) >= 11 is 0. The SMILES string of the molecule is CCCOC(=O)NCC(=O)NC(C)P(O)O. The lowest BCUT2D eigenvalue weighted by molar-refractivity contribution is -0.120. The summed E-state index contributed by atoms with van der Waals surface area (Å²) in [5.41, 5.74) is 0. The largest absolute Gasteiger partial charge is 0.450 e. The van der Waals surface area contributed by atoms with Crippen LogP contribution in [0.2, 0.25) is 0 Å². The minimum absolute atomic E-state index is 0.254. The molecule has 2 amide bonds. The Labute approximate surface area is 95.1 Å². The molecule has 8 heteroatoms. The third-order valence-corrected chi connectivity index (χ3v) is 2.37. The van der Waals surface area contributed by atoms with Crippen molar-refractivity contribution >= 4 is 20.4 Å². The number of amides is 2. The average molecular weight is 252 g/mol. The number of hydrogen-bond donors (Lipinski definition) is 4. The van der Waals surface area contributed by atoms with E-state index in [4.69, 9.17) is 9.79 Å². The summed E-state index contributed by atoms with van der Waals surface area (Å²) in [4.78, 5) is 39.6. The molecule has 0 saturated carbocycles. The lowest BCUT2D eigenvalue weighted by Crippen LogP contribution is -2.40. The molecule has 16 heavy (non-hydrogen) atoms. The molecule has 7 nitrogen and oxygen atoms in total. The highest BCUT2D eigenvalue weighted by Crippen LogP contribution is 2.27. The normalized spacial score (nSPS) is 12.1. The molecule has 1 unspecified atom stereocenters. The van der Waals surface area contributed by atoms with Crippen molar-refractivity contribution in [1.82, 2.24) is 10.6 Å². The van der Waals surface area contributed by atoms with Gasteiger partial charge in [-0.05, 0) is 13.3 Å². The van der Waals surface area contributed by atoms with Gasteiger partial charge >= 0.3 is 6.09 Å². The van der Waals surface area contributed by atoms with Crippen molar-refractivity contribution in [2.24, 2.45) is 0 Å². The van der Waals surface area contributed by atoms with Gasteiger partial charge in [-0.25, -0.2) is 4.79 Å². The van der Waals surface area contributed by atoms with Crippen LogP contribution in [-0.4, -0.2) is 40.7 Å². The van der Waals surface area contributed by atoms with Gasteiger partial charge in [0, 0.05) is 0 Å². The van der Waals surface area contributed by atoms with E-state index in [1.165, 1.54) is 6.92 Å². The predicted octanol–water partition coefficient (Wildman–Crippen LogP) is -0.119. The maximum atomic E-state index is 11.1. The number of alkyl carbamates (subject to hydrolysis) is 1. The maximum Gasteiger partial charge on any atom is 0.407 e. The van der Waals surface area contributed by atoms with Gasteiger partial charge in [0.05, 0.1) is 12.4 Å². The molecule has 0 aliphatic rings. The first-order valence-corrected chi connectivity index (χ1v) is 6.16. The molecular weight excluding hydrogens is 235 g/mol. The summed E-state index contributed by atoms with van der Waals surface area (Å²) in [6.45, 7) is 3.35. The lowest BCUT2D eigenvalue weighted by Gasteiger charge is -2.14. The van der Waals surface area contributed by atoms with Gasteiger partial charge in [-0.15, -0.1) is 0 Å². The summed E-state index contributed by atoms with van der Waals surface area (Å²) < 4.78 is 4.67. The highest BCUT2D eigenvalue weighted by atomic mass is 31.2. The van der Waals surface area contributed by atoms with Crippen LogP contribution in [0.4, 0.5) is 4.79 Å². The minimum atomic E-state index is -2.21. The van der Waals surface area contributed by atoms with Crippen LogP contribution in [-0.2, 0) is 9.53 Å². The predicted molar refractivity (Wildman–Crippen MR) is 58.6 cm³/mol. The summed E-state index contributed by atoms with van der Waals surface area (Å²) in [6, 6.07) is 0. The van der Waals surface area contributed by atoms with Crippen LogP contribution in [0.5, 0.6) is 0 Å². The molecule has 0 heterocycles. The van der Waals surface area contributed by atoms with E-state index < -0.39 is 26.2 Å². The Bertz CT molecular complexity index is 236. The third kappa shape index (κ3) is 7.39. The van der Waals surface area contributed by atoms with E-state index >= 15 is 0 Å². The molecule has 0 rings (SSSR count). The zero-order valence-electron chi connectivity index (χ0n) is 9.27. The van der Waals surface area contributed by atoms with Crippen LogP contribution in [0.15, 0.2) is 0 Å². The van der Waals surface area contributed by atoms with Gasteiger partial charge < -0.3 is 25.2 Å². The summed E-state index contributed by atoms with van der Waals surface area (Å²) in [7, 11) is -2.21. The first-order valence-electron chi connectivity index (χ1n) is 4.84. The fraction of sp³-hybridized carbons (Fsp3) is 0.750. The van der Waals surface area contributed by atoms with Gasteiger partial charge in [0.25, 0.3) is 0 Å². The Hall–Kier alpha value is -0.910. The first-order chi connectivity index (χ1) is 7.47. The van der Waals surface area contributed by atoms with E-state index in [9.17, 15) is 9.59 Å². The Morgan fingerprint density at radius 3 is 2.56 bits per heavy atom. The van der Waals surface area contributed by atoms with Crippen molar-refractivity contribution in [3.63, 3.8) is 0 Å². The monoisotopic (exact) mass is 252 g/mol. The minimum Gasteiger partial charge on any atom is -0.450 e. The fourth-order valence-electron chi connectivity index (χ4n) is 0.740. The standard InChI is InChI=1S/C8H17N2O5P/c1-3-4-15-8(12)9-5-7(11)10-6(2)16(13)14/h6,13-14H,3-5H2,1-2H3,(H,9,12)(H,10,11). The summed E-state index contributed by atoms with van der Waals surface area (Å²) in [6.07, 6.45) is 0.0376. The molecule has 0 fully saturated rings. The van der Waals surface area contributed by atoms with Gasteiger partial charge in [0.1, 0.15) is 6.54 Å². The van der Waals surface area contributed by atoms with Crippen molar-refractivity contribution in [3.05, 3.63) is 0 Å². The number of nitrogens with one attached hydrogen (secondary N) is 2. The van der Waals surface area contributed by atoms with Crippen molar-refractivity contribution in [2.45, 2.75) is 26.1 Å². The van der Waals surface area contributed by atoms with Crippen LogP contribution >= 0.6 is 8.38 Å². The van der Waals surface area contributed by atoms with Crippen LogP contribution in [0.25, 0.3) is 0 Å². The number of ether oxygens (including phenoxy) is 1. The van der Waals surface area contributed by atoms with Gasteiger partial charge in [-0.3, -0.25) is 4.79 Å². The van der Waals surface area contributed by atoms with Crippen LogP contribution in [0, 0.1) is 0 Å². The average Bonchev–Trinajstić information content (AvgIpc) is 2.23. The van der Waals surface area contributed by atoms with E-state index in [1.54, 1.807) is 0 Å². The smallest absolute Gasteiger partial charge is 0.407 e. The molecule has 0 saturated heterocycles. The van der Waals surface area contributed by atoms with Crippen LogP contribution < -0.4 is 10.6 Å². The lowest BCUT2D eigenvalue weighted by atomic mass is 10.5. The van der Waals surface area contributed by atoms with Gasteiger partial charge in [-0.1, -0.05) is 6.92 Å². The Morgan fingerprint density at radius 2 is 2.06 bits per heavy atom. The zero-order chi connectivity index (χ0) is 12.6. The zero-order valence-corrected chi connectivity index (χ0v) is 10.2.